The number of carbonyl (C=O) groups is 2. The Morgan fingerprint density at radius 2 is 1.95 bits per heavy atom. The molecule has 1 atom stereocenters. The number of amides is 1. The molecule has 2 rings (SSSR count). The van der Waals surface area contributed by atoms with Crippen molar-refractivity contribution >= 4 is 23.2 Å². The van der Waals surface area contributed by atoms with Crippen LogP contribution in [0.5, 0.6) is 0 Å². The second-order valence-corrected chi connectivity index (χ2v) is 6.51. The van der Waals surface area contributed by atoms with Crippen LogP contribution in [0.3, 0.4) is 0 Å². The molecule has 5 nitrogen and oxygen atoms in total. The summed E-state index contributed by atoms with van der Waals surface area (Å²) in [5.41, 5.74) is 1.29. The molecule has 1 aliphatic rings. The number of aliphatic hydroxyl groups excluding tert-OH is 1. The molecule has 1 aromatic rings. The van der Waals surface area contributed by atoms with Gasteiger partial charge in [0.25, 0.3) is 5.91 Å². The van der Waals surface area contributed by atoms with E-state index >= 15 is 0 Å². The fourth-order valence-corrected chi connectivity index (χ4v) is 3.66. The highest BCUT2D eigenvalue weighted by Gasteiger charge is 2.17. The molecule has 116 valence electrons. The lowest BCUT2D eigenvalue weighted by atomic mass is 10.00. The average molecular weight is 311 g/mol. The van der Waals surface area contributed by atoms with Crippen molar-refractivity contribution in [3.8, 4) is 0 Å². The summed E-state index contributed by atoms with van der Waals surface area (Å²) >= 11 is 1.54. The van der Waals surface area contributed by atoms with Crippen LogP contribution in [0.25, 0.3) is 0 Å². The van der Waals surface area contributed by atoms with E-state index in [1.165, 1.54) is 36.1 Å². The lowest BCUT2D eigenvalue weighted by Crippen LogP contribution is -2.29. The molecular formula is C15H21NO4S. The number of carboxylic acids is 1. The third kappa shape index (κ3) is 4.54. The molecule has 6 heteroatoms. The first-order valence-electron chi connectivity index (χ1n) is 7.38. The largest absolute Gasteiger partial charge is 0.479 e. The molecule has 0 unspecified atom stereocenters. The molecule has 0 aromatic carbocycles. The Morgan fingerprint density at radius 1 is 1.24 bits per heavy atom. The molecule has 0 aliphatic heterocycles. The van der Waals surface area contributed by atoms with Crippen LogP contribution in [0.1, 0.15) is 52.2 Å². The normalized spacial score (nSPS) is 16.4. The molecule has 1 aromatic heterocycles. The summed E-state index contributed by atoms with van der Waals surface area (Å²) in [4.78, 5) is 24.5. The summed E-state index contributed by atoms with van der Waals surface area (Å²) in [6.07, 6.45) is 5.55. The minimum atomic E-state index is -1.42. The minimum absolute atomic E-state index is 0.0200. The Bertz CT molecular complexity index is 486. The van der Waals surface area contributed by atoms with E-state index in [1.807, 2.05) is 6.07 Å². The molecule has 3 N–H and O–H groups in total. The first-order chi connectivity index (χ1) is 10.1. The van der Waals surface area contributed by atoms with Crippen molar-refractivity contribution in [1.29, 1.82) is 0 Å². The quantitative estimate of drug-likeness (QED) is 0.776. The van der Waals surface area contributed by atoms with Gasteiger partial charge in [0.1, 0.15) is 0 Å². The van der Waals surface area contributed by atoms with Gasteiger partial charge in [-0.2, -0.15) is 0 Å². The second-order valence-electron chi connectivity index (χ2n) is 5.37. The van der Waals surface area contributed by atoms with Crippen molar-refractivity contribution < 1.29 is 19.8 Å². The maximum absolute atomic E-state index is 12.1. The van der Waals surface area contributed by atoms with Gasteiger partial charge in [0, 0.05) is 17.8 Å². The Morgan fingerprint density at radius 3 is 2.67 bits per heavy atom. The predicted octanol–water partition coefficient (Wildman–Crippen LogP) is 1.97. The molecule has 0 saturated carbocycles. The Kier molecular flexibility index (Phi) is 5.76. The fraction of sp³-hybridized carbons (Fsp3) is 0.600. The summed E-state index contributed by atoms with van der Waals surface area (Å²) in [5.74, 6) is -1.44. The van der Waals surface area contributed by atoms with Crippen LogP contribution in [-0.4, -0.2) is 34.7 Å². The average Bonchev–Trinajstić information content (AvgIpc) is 2.80. The van der Waals surface area contributed by atoms with Gasteiger partial charge in [0.2, 0.25) is 0 Å². The van der Waals surface area contributed by atoms with E-state index < -0.39 is 12.1 Å². The van der Waals surface area contributed by atoms with Gasteiger partial charge in [0.05, 0.1) is 4.88 Å². The first kappa shape index (κ1) is 16.0. The van der Waals surface area contributed by atoms with Crippen molar-refractivity contribution in [2.24, 2.45) is 0 Å². The van der Waals surface area contributed by atoms with E-state index in [0.29, 0.717) is 4.88 Å². The number of carbonyl (C=O) groups excluding carboxylic acids is 1. The van der Waals surface area contributed by atoms with Crippen molar-refractivity contribution in [3.63, 3.8) is 0 Å². The Balaban J connectivity index is 1.90. The number of fused-ring (bicyclic) bond motifs is 1. The number of hydrogen-bond donors (Lipinski definition) is 3. The molecule has 0 spiro atoms. The van der Waals surface area contributed by atoms with Crippen molar-refractivity contribution in [1.82, 2.24) is 5.32 Å². The number of nitrogens with one attached hydrogen (secondary N) is 1. The van der Waals surface area contributed by atoms with Gasteiger partial charge in [-0.15, -0.1) is 11.3 Å². The van der Waals surface area contributed by atoms with Gasteiger partial charge in [-0.25, -0.2) is 4.79 Å². The van der Waals surface area contributed by atoms with E-state index in [-0.39, 0.29) is 18.9 Å². The number of carboxylic acid groups (broad SMARTS) is 1. The van der Waals surface area contributed by atoms with Crippen LogP contribution >= 0.6 is 11.3 Å². The maximum atomic E-state index is 12.1. The molecular weight excluding hydrogens is 290 g/mol. The summed E-state index contributed by atoms with van der Waals surface area (Å²) < 4.78 is 0. The van der Waals surface area contributed by atoms with Crippen molar-refractivity contribution in [2.45, 2.75) is 51.0 Å². The van der Waals surface area contributed by atoms with E-state index in [0.717, 1.165) is 12.8 Å². The highest BCUT2D eigenvalue weighted by atomic mass is 32.1. The molecule has 1 amide bonds. The lowest BCUT2D eigenvalue weighted by molar-refractivity contribution is -0.146. The van der Waals surface area contributed by atoms with Crippen LogP contribution < -0.4 is 5.32 Å². The second kappa shape index (κ2) is 7.56. The number of aryl methyl sites for hydroxylation is 2. The standard InChI is InChI=1S/C15H21NO4S/c17-11(15(19)20)7-8-16-14(18)13-9-10-5-3-1-2-4-6-12(10)21-13/h9,11,17H,1-8H2,(H,16,18)(H,19,20)/t11-/m0/s1. The zero-order valence-electron chi connectivity index (χ0n) is 11.9. The van der Waals surface area contributed by atoms with E-state index in [2.05, 4.69) is 5.32 Å². The van der Waals surface area contributed by atoms with Crippen LogP contribution in [-0.2, 0) is 17.6 Å². The highest BCUT2D eigenvalue weighted by molar-refractivity contribution is 7.14. The van der Waals surface area contributed by atoms with Gasteiger partial charge in [-0.1, -0.05) is 12.8 Å². The molecule has 1 aliphatic carbocycles. The molecule has 0 bridgehead atoms. The lowest BCUT2D eigenvalue weighted by Gasteiger charge is -2.07. The molecule has 0 fully saturated rings. The van der Waals surface area contributed by atoms with E-state index in [4.69, 9.17) is 10.2 Å². The zero-order chi connectivity index (χ0) is 15.2. The molecule has 0 saturated heterocycles. The minimum Gasteiger partial charge on any atom is -0.479 e. The predicted molar refractivity (Wildman–Crippen MR) is 80.8 cm³/mol. The molecule has 1 heterocycles. The number of aliphatic carboxylic acids is 1. The van der Waals surface area contributed by atoms with Gasteiger partial charge < -0.3 is 15.5 Å². The first-order valence-corrected chi connectivity index (χ1v) is 8.20. The van der Waals surface area contributed by atoms with E-state index in [1.54, 1.807) is 11.3 Å². The van der Waals surface area contributed by atoms with Crippen LogP contribution in [0.15, 0.2) is 6.07 Å². The monoisotopic (exact) mass is 311 g/mol. The summed E-state index contributed by atoms with van der Waals surface area (Å²) in [6, 6.07) is 1.97. The molecule has 0 radical (unpaired) electrons. The summed E-state index contributed by atoms with van der Waals surface area (Å²) in [5, 5.41) is 20.4. The third-order valence-corrected chi connectivity index (χ3v) is 4.94. The topological polar surface area (TPSA) is 86.6 Å². The summed E-state index contributed by atoms with van der Waals surface area (Å²) in [6.45, 7) is 0.162. The SMILES string of the molecule is O=C(NCC[C@H](O)C(=O)O)c1cc2c(s1)CCCCCC2. The zero-order valence-corrected chi connectivity index (χ0v) is 12.7. The smallest absolute Gasteiger partial charge is 0.332 e. The molecule has 21 heavy (non-hydrogen) atoms. The third-order valence-electron chi connectivity index (χ3n) is 3.71. The Labute approximate surface area is 128 Å². The van der Waals surface area contributed by atoms with E-state index in [9.17, 15) is 9.59 Å². The Hall–Kier alpha value is -1.40. The van der Waals surface area contributed by atoms with Crippen molar-refractivity contribution in [2.75, 3.05) is 6.54 Å². The van der Waals surface area contributed by atoms with Gasteiger partial charge in [0.15, 0.2) is 6.10 Å². The summed E-state index contributed by atoms with van der Waals surface area (Å²) in [7, 11) is 0. The highest BCUT2D eigenvalue weighted by Crippen LogP contribution is 2.28. The fourth-order valence-electron chi connectivity index (χ4n) is 2.49. The van der Waals surface area contributed by atoms with Crippen LogP contribution in [0.4, 0.5) is 0 Å². The number of aliphatic hydroxyl groups is 1. The van der Waals surface area contributed by atoms with Gasteiger partial charge in [-0.05, 0) is 37.3 Å². The van der Waals surface area contributed by atoms with Crippen LogP contribution in [0.2, 0.25) is 0 Å². The number of thiophene rings is 1. The van der Waals surface area contributed by atoms with Gasteiger partial charge in [-0.3, -0.25) is 4.79 Å². The maximum Gasteiger partial charge on any atom is 0.332 e. The van der Waals surface area contributed by atoms with Crippen LogP contribution in [0, 0.1) is 0 Å². The van der Waals surface area contributed by atoms with Crippen molar-refractivity contribution in [3.05, 3.63) is 21.4 Å². The number of rotatable bonds is 5. The number of hydrogen-bond acceptors (Lipinski definition) is 4. The van der Waals surface area contributed by atoms with Gasteiger partial charge >= 0.3 is 5.97 Å².